The zero-order valence-electron chi connectivity index (χ0n) is 14.2. The number of likely N-dealkylation sites (tertiary alicyclic amines) is 1. The third kappa shape index (κ3) is 3.47. The lowest BCUT2D eigenvalue weighted by atomic mass is 9.89. The van der Waals surface area contributed by atoms with Crippen LogP contribution in [0.25, 0.3) is 0 Å². The highest BCUT2D eigenvalue weighted by molar-refractivity contribution is 5.40. The third-order valence-corrected chi connectivity index (χ3v) is 4.92. The molecular formula is C18H30N2O. The van der Waals surface area contributed by atoms with Gasteiger partial charge < -0.3 is 10.5 Å². The molecule has 3 nitrogen and oxygen atoms in total. The van der Waals surface area contributed by atoms with Gasteiger partial charge in [-0.15, -0.1) is 0 Å². The molecule has 2 atom stereocenters. The summed E-state index contributed by atoms with van der Waals surface area (Å²) in [7, 11) is 1.82. The minimum atomic E-state index is -0.0435. The molecule has 21 heavy (non-hydrogen) atoms. The fraction of sp³-hybridized carbons (Fsp3) is 0.667. The number of benzene rings is 1. The van der Waals surface area contributed by atoms with Gasteiger partial charge in [0.05, 0.1) is 5.60 Å². The van der Waals surface area contributed by atoms with Gasteiger partial charge in [-0.1, -0.05) is 17.7 Å². The first kappa shape index (κ1) is 16.5. The van der Waals surface area contributed by atoms with E-state index in [9.17, 15) is 0 Å². The Labute approximate surface area is 129 Å². The molecule has 1 aromatic carbocycles. The first-order valence-corrected chi connectivity index (χ1v) is 7.97. The summed E-state index contributed by atoms with van der Waals surface area (Å²) in [4.78, 5) is 2.51. The van der Waals surface area contributed by atoms with Crippen LogP contribution in [0.3, 0.4) is 0 Å². The van der Waals surface area contributed by atoms with Gasteiger partial charge in [0.15, 0.2) is 0 Å². The van der Waals surface area contributed by atoms with Crippen molar-refractivity contribution in [2.24, 2.45) is 5.73 Å². The normalized spacial score (nSPS) is 25.0. The van der Waals surface area contributed by atoms with Gasteiger partial charge in [-0.2, -0.15) is 0 Å². The summed E-state index contributed by atoms with van der Waals surface area (Å²) in [6.07, 6.45) is 2.30. The molecule has 1 saturated heterocycles. The van der Waals surface area contributed by atoms with E-state index in [1.807, 2.05) is 7.11 Å². The van der Waals surface area contributed by atoms with Gasteiger partial charge in [0.1, 0.15) is 0 Å². The summed E-state index contributed by atoms with van der Waals surface area (Å²) >= 11 is 0. The number of ether oxygens (including phenoxy) is 1. The third-order valence-electron chi connectivity index (χ3n) is 4.92. The van der Waals surface area contributed by atoms with E-state index in [2.05, 4.69) is 44.7 Å². The topological polar surface area (TPSA) is 38.5 Å². The molecule has 0 bridgehead atoms. The van der Waals surface area contributed by atoms with Crippen molar-refractivity contribution >= 4 is 0 Å². The van der Waals surface area contributed by atoms with E-state index in [0.717, 1.165) is 19.5 Å². The molecular weight excluding hydrogens is 260 g/mol. The number of piperidine rings is 1. The lowest BCUT2D eigenvalue weighted by Gasteiger charge is -2.43. The first-order chi connectivity index (χ1) is 9.90. The molecule has 2 N–H and O–H groups in total. The molecule has 1 aliphatic heterocycles. The van der Waals surface area contributed by atoms with Crippen molar-refractivity contribution in [1.82, 2.24) is 4.90 Å². The van der Waals surface area contributed by atoms with Crippen LogP contribution in [-0.2, 0) is 4.74 Å². The van der Waals surface area contributed by atoms with Gasteiger partial charge in [-0.25, -0.2) is 0 Å². The molecule has 0 amide bonds. The van der Waals surface area contributed by atoms with E-state index in [4.69, 9.17) is 10.5 Å². The smallest absolute Gasteiger partial charge is 0.0777 e. The summed E-state index contributed by atoms with van der Waals surface area (Å²) in [5.74, 6) is 0. The molecule has 2 rings (SSSR count). The number of nitrogens with zero attached hydrogens (tertiary/aromatic N) is 1. The quantitative estimate of drug-likeness (QED) is 0.926. The molecule has 2 unspecified atom stereocenters. The molecule has 0 spiro atoms. The monoisotopic (exact) mass is 290 g/mol. The molecule has 0 aliphatic carbocycles. The summed E-state index contributed by atoms with van der Waals surface area (Å²) in [5.41, 5.74) is 11.6. The summed E-state index contributed by atoms with van der Waals surface area (Å²) in [5, 5.41) is 0. The Morgan fingerprint density at radius 2 is 1.90 bits per heavy atom. The Hall–Kier alpha value is -0.900. The number of aryl methyl sites for hydroxylation is 3. The van der Waals surface area contributed by atoms with Crippen LogP contribution in [0.15, 0.2) is 12.1 Å². The number of nitrogens with two attached hydrogens (primary N) is 1. The second kappa shape index (κ2) is 6.47. The van der Waals surface area contributed by atoms with Gasteiger partial charge in [0, 0.05) is 26.2 Å². The Bertz CT molecular complexity index is 477. The fourth-order valence-electron chi connectivity index (χ4n) is 3.84. The zero-order chi connectivity index (χ0) is 15.6. The van der Waals surface area contributed by atoms with Crippen molar-refractivity contribution in [3.63, 3.8) is 0 Å². The van der Waals surface area contributed by atoms with Crippen molar-refractivity contribution in [2.75, 3.05) is 26.7 Å². The van der Waals surface area contributed by atoms with Crippen LogP contribution < -0.4 is 5.73 Å². The van der Waals surface area contributed by atoms with Gasteiger partial charge in [-0.3, -0.25) is 4.90 Å². The molecule has 1 fully saturated rings. The van der Waals surface area contributed by atoms with Gasteiger partial charge in [0.25, 0.3) is 0 Å². The SMILES string of the molecule is COC1(C)CCCN(C(CN)c2c(C)cc(C)cc2C)C1. The Morgan fingerprint density at radius 3 is 2.43 bits per heavy atom. The highest BCUT2D eigenvalue weighted by atomic mass is 16.5. The highest BCUT2D eigenvalue weighted by Gasteiger charge is 2.34. The van der Waals surface area contributed by atoms with Crippen LogP contribution in [0.2, 0.25) is 0 Å². The van der Waals surface area contributed by atoms with Gasteiger partial charge >= 0.3 is 0 Å². The summed E-state index contributed by atoms with van der Waals surface area (Å²) < 4.78 is 5.74. The van der Waals surface area contributed by atoms with Crippen molar-refractivity contribution in [1.29, 1.82) is 0 Å². The minimum Gasteiger partial charge on any atom is -0.377 e. The van der Waals surface area contributed by atoms with E-state index in [-0.39, 0.29) is 5.60 Å². The fourth-order valence-corrected chi connectivity index (χ4v) is 3.84. The standard InChI is InChI=1S/C18H30N2O/c1-13-9-14(2)17(15(3)10-13)16(11-19)20-8-6-7-18(4,12-20)21-5/h9-10,16H,6-8,11-12,19H2,1-5H3. The van der Waals surface area contributed by atoms with Crippen molar-refractivity contribution in [3.8, 4) is 0 Å². The van der Waals surface area contributed by atoms with Crippen molar-refractivity contribution < 1.29 is 4.74 Å². The van der Waals surface area contributed by atoms with Gasteiger partial charge in [-0.05, 0) is 63.8 Å². The van der Waals surface area contributed by atoms with Crippen LogP contribution in [0, 0.1) is 20.8 Å². The van der Waals surface area contributed by atoms with Crippen molar-refractivity contribution in [2.45, 2.75) is 52.2 Å². The van der Waals surface area contributed by atoms with Crippen LogP contribution in [-0.4, -0.2) is 37.2 Å². The Kier molecular flexibility index (Phi) is 5.07. The van der Waals surface area contributed by atoms with Crippen LogP contribution in [0.5, 0.6) is 0 Å². The lowest BCUT2D eigenvalue weighted by Crippen LogP contribution is -2.50. The van der Waals surface area contributed by atoms with E-state index < -0.39 is 0 Å². The van der Waals surface area contributed by atoms with Crippen LogP contribution in [0.4, 0.5) is 0 Å². The Balaban J connectivity index is 2.32. The Morgan fingerprint density at radius 1 is 1.29 bits per heavy atom. The molecule has 118 valence electrons. The maximum Gasteiger partial charge on any atom is 0.0777 e. The van der Waals surface area contributed by atoms with Crippen LogP contribution >= 0.6 is 0 Å². The highest BCUT2D eigenvalue weighted by Crippen LogP contribution is 2.33. The second-order valence-corrected chi connectivity index (χ2v) is 6.79. The number of rotatable bonds is 4. The molecule has 0 saturated carbocycles. The van der Waals surface area contributed by atoms with E-state index in [1.54, 1.807) is 0 Å². The average Bonchev–Trinajstić information content (AvgIpc) is 2.42. The molecule has 1 aliphatic rings. The minimum absolute atomic E-state index is 0.0435. The van der Waals surface area contributed by atoms with E-state index in [1.165, 1.54) is 28.7 Å². The molecule has 0 aromatic heterocycles. The van der Waals surface area contributed by atoms with Crippen molar-refractivity contribution in [3.05, 3.63) is 34.4 Å². The first-order valence-electron chi connectivity index (χ1n) is 7.97. The summed E-state index contributed by atoms with van der Waals surface area (Å²) in [6.45, 7) is 11.5. The average molecular weight is 290 g/mol. The largest absolute Gasteiger partial charge is 0.377 e. The predicted octanol–water partition coefficient (Wildman–Crippen LogP) is 3.11. The van der Waals surface area contributed by atoms with Crippen LogP contribution in [0.1, 0.15) is 48.1 Å². The molecule has 0 radical (unpaired) electrons. The second-order valence-electron chi connectivity index (χ2n) is 6.79. The molecule has 1 aromatic rings. The van der Waals surface area contributed by atoms with Gasteiger partial charge in [0.2, 0.25) is 0 Å². The molecule has 3 heteroatoms. The summed E-state index contributed by atoms with van der Waals surface area (Å²) in [6, 6.07) is 4.83. The molecule has 1 heterocycles. The number of hydrogen-bond acceptors (Lipinski definition) is 3. The lowest BCUT2D eigenvalue weighted by molar-refractivity contribution is -0.0609. The number of methoxy groups -OCH3 is 1. The zero-order valence-corrected chi connectivity index (χ0v) is 14.2. The predicted molar refractivity (Wildman–Crippen MR) is 88.7 cm³/mol. The maximum atomic E-state index is 6.16. The maximum absolute atomic E-state index is 6.16. The van der Waals surface area contributed by atoms with E-state index in [0.29, 0.717) is 12.6 Å². The number of hydrogen-bond donors (Lipinski definition) is 1. The van der Waals surface area contributed by atoms with E-state index >= 15 is 0 Å².